The number of carbonyl (C=O) groups excluding carboxylic acids is 2. The number of esters is 1. The van der Waals surface area contributed by atoms with Crippen LogP contribution in [0.2, 0.25) is 0 Å². The monoisotopic (exact) mass is 293 g/mol. The van der Waals surface area contributed by atoms with Gasteiger partial charge in [0.25, 0.3) is 5.91 Å². The summed E-state index contributed by atoms with van der Waals surface area (Å²) in [6.45, 7) is 4.14. The lowest BCUT2D eigenvalue weighted by atomic mass is 10.2. The normalized spacial score (nSPS) is 11.4. The Bertz CT molecular complexity index is 315. The van der Waals surface area contributed by atoms with Crippen LogP contribution in [0.3, 0.4) is 0 Å². The maximum Gasteiger partial charge on any atom is 0.326 e. The Balaban J connectivity index is 4.18. The minimum atomic E-state index is -1.18. The lowest BCUT2D eigenvalue weighted by Gasteiger charge is -2.13. The Hall–Kier alpha value is -1.37. The molecule has 0 saturated heterocycles. The van der Waals surface area contributed by atoms with E-state index in [4.69, 9.17) is 5.11 Å². The van der Waals surface area contributed by atoms with Crippen molar-refractivity contribution < 1.29 is 24.2 Å². The van der Waals surface area contributed by atoms with Crippen LogP contribution in [-0.2, 0) is 19.1 Å². The van der Waals surface area contributed by atoms with Crippen LogP contribution in [0.1, 0.15) is 13.3 Å². The summed E-state index contributed by atoms with van der Waals surface area (Å²) < 4.78 is 4.86. The van der Waals surface area contributed by atoms with Crippen LogP contribution in [-0.4, -0.2) is 35.6 Å². The van der Waals surface area contributed by atoms with Gasteiger partial charge in [-0.05, 0) is 4.48 Å². The number of amides is 1. The van der Waals surface area contributed by atoms with E-state index in [1.54, 1.807) is 0 Å². The van der Waals surface area contributed by atoms with Crippen molar-refractivity contribution >= 4 is 33.8 Å². The van der Waals surface area contributed by atoms with Crippen molar-refractivity contribution in [3.8, 4) is 0 Å². The molecule has 0 aromatic heterocycles. The van der Waals surface area contributed by atoms with Gasteiger partial charge in [0, 0.05) is 13.3 Å². The molecule has 16 heavy (non-hydrogen) atoms. The quantitative estimate of drug-likeness (QED) is 0.692. The number of hydrogen-bond donors (Lipinski definition) is 2. The smallest absolute Gasteiger partial charge is 0.326 e. The van der Waals surface area contributed by atoms with Gasteiger partial charge < -0.3 is 15.2 Å². The predicted octanol–water partition coefficient (Wildman–Crippen LogP) is 0.418. The average molecular weight is 294 g/mol. The van der Waals surface area contributed by atoms with Crippen LogP contribution < -0.4 is 5.32 Å². The number of hydrogen-bond acceptors (Lipinski definition) is 4. The van der Waals surface area contributed by atoms with Crippen molar-refractivity contribution in [1.82, 2.24) is 5.32 Å². The number of aliphatic carboxylic acids is 1. The van der Waals surface area contributed by atoms with Crippen molar-refractivity contribution in [3.05, 3.63) is 11.1 Å². The first kappa shape index (κ1) is 14.6. The topological polar surface area (TPSA) is 92.7 Å². The number of carbonyl (C=O) groups is 3. The van der Waals surface area contributed by atoms with Crippen molar-refractivity contribution in [2.24, 2.45) is 0 Å². The summed E-state index contributed by atoms with van der Waals surface area (Å²) in [5.41, 5.74) is 0. The molecule has 0 aliphatic carbocycles. The number of carboxylic acids is 1. The highest BCUT2D eigenvalue weighted by Gasteiger charge is 2.20. The lowest BCUT2D eigenvalue weighted by molar-refractivity contribution is -0.147. The van der Waals surface area contributed by atoms with Crippen molar-refractivity contribution in [2.75, 3.05) is 6.61 Å². The molecular formula is C9H12BrNO5. The first-order valence-corrected chi connectivity index (χ1v) is 5.11. The van der Waals surface area contributed by atoms with Crippen molar-refractivity contribution in [3.63, 3.8) is 0 Å². The van der Waals surface area contributed by atoms with Crippen LogP contribution in [0, 0.1) is 0 Å². The molecule has 7 heteroatoms. The largest absolute Gasteiger partial charge is 0.480 e. The molecule has 0 saturated carbocycles. The summed E-state index contributed by atoms with van der Waals surface area (Å²) in [7, 11) is 0. The summed E-state index contributed by atoms with van der Waals surface area (Å²) in [5, 5.41) is 11.0. The maximum absolute atomic E-state index is 11.1. The summed E-state index contributed by atoms with van der Waals surface area (Å²) in [5.74, 6) is -2.46. The highest BCUT2D eigenvalue weighted by atomic mass is 79.9. The molecule has 2 N–H and O–H groups in total. The second-order valence-corrected chi connectivity index (χ2v) is 4.08. The molecule has 1 amide bonds. The van der Waals surface area contributed by atoms with E-state index in [-0.39, 0.29) is 6.42 Å². The maximum atomic E-state index is 11.1. The zero-order valence-electron chi connectivity index (χ0n) is 8.66. The standard InChI is InChI=1S/C9H12BrNO5/c1-5(10)3-7(9(14)15)11-8(13)4-16-6(2)12/h7H,1,3-4H2,2H3,(H,11,13)(H,14,15)/t7-/m0/s1. The average Bonchev–Trinajstić information content (AvgIpc) is 2.12. The Labute approximate surface area is 101 Å². The summed E-state index contributed by atoms with van der Waals surface area (Å²) in [4.78, 5) is 32.3. The molecular weight excluding hydrogens is 282 g/mol. The lowest BCUT2D eigenvalue weighted by Crippen LogP contribution is -2.42. The fourth-order valence-corrected chi connectivity index (χ4v) is 1.15. The van der Waals surface area contributed by atoms with Gasteiger partial charge in [-0.2, -0.15) is 0 Å². The van der Waals surface area contributed by atoms with Crippen LogP contribution in [0.15, 0.2) is 11.1 Å². The van der Waals surface area contributed by atoms with Gasteiger partial charge in [-0.15, -0.1) is 0 Å². The molecule has 0 aliphatic rings. The minimum absolute atomic E-state index is 0.0567. The summed E-state index contributed by atoms with van der Waals surface area (Å²) >= 11 is 3.00. The summed E-state index contributed by atoms with van der Waals surface area (Å²) in [6, 6.07) is -1.09. The number of carboxylic acid groups (broad SMARTS) is 1. The van der Waals surface area contributed by atoms with Gasteiger partial charge in [0.1, 0.15) is 6.04 Å². The molecule has 90 valence electrons. The second-order valence-electron chi connectivity index (χ2n) is 2.96. The molecule has 0 fully saturated rings. The highest BCUT2D eigenvalue weighted by molar-refractivity contribution is 9.11. The molecule has 0 bridgehead atoms. The molecule has 0 heterocycles. The van der Waals surface area contributed by atoms with Crippen molar-refractivity contribution in [2.45, 2.75) is 19.4 Å². The third-order valence-electron chi connectivity index (χ3n) is 1.47. The van der Waals surface area contributed by atoms with Crippen LogP contribution in [0.5, 0.6) is 0 Å². The molecule has 0 aliphatic heterocycles. The molecule has 0 aromatic carbocycles. The first-order chi connectivity index (χ1) is 7.32. The first-order valence-electron chi connectivity index (χ1n) is 4.31. The van der Waals surface area contributed by atoms with E-state index in [9.17, 15) is 14.4 Å². The zero-order valence-corrected chi connectivity index (χ0v) is 10.2. The van der Waals surface area contributed by atoms with E-state index < -0.39 is 30.5 Å². The molecule has 0 aromatic rings. The Morgan fingerprint density at radius 3 is 2.44 bits per heavy atom. The molecule has 0 unspecified atom stereocenters. The van der Waals surface area contributed by atoms with E-state index in [0.29, 0.717) is 4.48 Å². The Morgan fingerprint density at radius 1 is 1.50 bits per heavy atom. The van der Waals surface area contributed by atoms with E-state index in [1.165, 1.54) is 0 Å². The fourth-order valence-electron chi connectivity index (χ4n) is 0.825. The number of halogens is 1. The van der Waals surface area contributed by atoms with Gasteiger partial charge >= 0.3 is 11.9 Å². The van der Waals surface area contributed by atoms with Crippen LogP contribution in [0.4, 0.5) is 0 Å². The van der Waals surface area contributed by atoms with Crippen LogP contribution in [0.25, 0.3) is 0 Å². The van der Waals surface area contributed by atoms with Gasteiger partial charge in [0.15, 0.2) is 6.61 Å². The predicted molar refractivity (Wildman–Crippen MR) is 58.9 cm³/mol. The highest BCUT2D eigenvalue weighted by Crippen LogP contribution is 2.10. The fraction of sp³-hybridized carbons (Fsp3) is 0.444. The molecule has 1 atom stereocenters. The molecule has 0 rings (SSSR count). The second kappa shape index (κ2) is 7.00. The minimum Gasteiger partial charge on any atom is -0.480 e. The van der Waals surface area contributed by atoms with E-state index in [0.717, 1.165) is 6.92 Å². The van der Waals surface area contributed by atoms with E-state index in [2.05, 4.69) is 32.6 Å². The third kappa shape index (κ3) is 6.99. The van der Waals surface area contributed by atoms with E-state index in [1.807, 2.05) is 0 Å². The van der Waals surface area contributed by atoms with Crippen LogP contribution >= 0.6 is 15.9 Å². The number of nitrogens with one attached hydrogen (secondary N) is 1. The van der Waals surface area contributed by atoms with Gasteiger partial charge in [-0.25, -0.2) is 4.79 Å². The zero-order chi connectivity index (χ0) is 12.7. The van der Waals surface area contributed by atoms with E-state index >= 15 is 0 Å². The number of rotatable bonds is 6. The van der Waals surface area contributed by atoms with Gasteiger partial charge in [-0.3, -0.25) is 9.59 Å². The number of ether oxygens (including phenoxy) is 1. The Morgan fingerprint density at radius 2 is 2.06 bits per heavy atom. The Kier molecular flexibility index (Phi) is 6.40. The molecule has 6 nitrogen and oxygen atoms in total. The molecule has 0 radical (unpaired) electrons. The summed E-state index contributed by atoms with van der Waals surface area (Å²) in [6.07, 6.45) is 0.0567. The SMILES string of the molecule is C=C(Br)C[C@H](NC(=O)COC(C)=O)C(=O)O. The molecule has 0 spiro atoms. The van der Waals surface area contributed by atoms with Crippen molar-refractivity contribution in [1.29, 1.82) is 0 Å². The third-order valence-corrected chi connectivity index (χ3v) is 1.79. The van der Waals surface area contributed by atoms with Gasteiger partial charge in [0.2, 0.25) is 0 Å². The van der Waals surface area contributed by atoms with Gasteiger partial charge in [-0.1, -0.05) is 22.5 Å². The van der Waals surface area contributed by atoms with Gasteiger partial charge in [0.05, 0.1) is 0 Å².